The van der Waals surface area contributed by atoms with Gasteiger partial charge in [0, 0.05) is 19.0 Å². The number of hydrogen-bond acceptors (Lipinski definition) is 10. The molecule has 1 aliphatic rings. The van der Waals surface area contributed by atoms with E-state index in [1.165, 1.54) is 45.7 Å². The lowest BCUT2D eigenvalue weighted by Crippen LogP contribution is -2.54. The molecular formula is C24H28FN7O5S. The van der Waals surface area contributed by atoms with Gasteiger partial charge < -0.3 is 9.47 Å². The number of hydrogen-bond donors (Lipinski definition) is 1. The van der Waals surface area contributed by atoms with E-state index in [1.807, 2.05) is 0 Å². The van der Waals surface area contributed by atoms with Crippen LogP contribution in [0.25, 0.3) is 11.2 Å². The van der Waals surface area contributed by atoms with Crippen LogP contribution in [0.1, 0.15) is 44.5 Å². The summed E-state index contributed by atoms with van der Waals surface area (Å²) in [6.07, 6.45) is 2.15. The molecule has 14 heteroatoms. The van der Waals surface area contributed by atoms with Crippen molar-refractivity contribution in [1.82, 2.24) is 29.6 Å². The number of halogens is 1. The number of methoxy groups -OCH3 is 1. The molecule has 202 valence electrons. The summed E-state index contributed by atoms with van der Waals surface area (Å²) in [6, 6.07) is 4.35. The average molecular weight is 546 g/mol. The zero-order valence-electron chi connectivity index (χ0n) is 21.8. The molecule has 12 nitrogen and oxygen atoms in total. The normalized spacial score (nSPS) is 19.1. The highest BCUT2D eigenvalue weighted by Gasteiger charge is 2.43. The number of benzene rings is 1. The first-order valence-corrected chi connectivity index (χ1v) is 13.2. The molecule has 1 atom stereocenters. The van der Waals surface area contributed by atoms with Crippen LogP contribution in [0.3, 0.4) is 0 Å². The molecule has 38 heavy (non-hydrogen) atoms. The summed E-state index contributed by atoms with van der Waals surface area (Å²) in [5, 5.41) is 2.38. The Labute approximate surface area is 219 Å². The zero-order valence-corrected chi connectivity index (χ0v) is 22.6. The predicted molar refractivity (Wildman–Crippen MR) is 137 cm³/mol. The summed E-state index contributed by atoms with van der Waals surface area (Å²) in [5.41, 5.74) is -0.353. The third-order valence-electron chi connectivity index (χ3n) is 5.74. The molecule has 0 radical (unpaired) electrons. The quantitative estimate of drug-likeness (QED) is 0.522. The maximum absolute atomic E-state index is 15.2. The molecule has 1 aromatic carbocycles. The van der Waals surface area contributed by atoms with Crippen LogP contribution in [-0.2, 0) is 26.7 Å². The number of carbonyl (C=O) groups is 1. The fraction of sp³-hybridized carbons (Fsp3) is 0.417. The van der Waals surface area contributed by atoms with Crippen LogP contribution in [0.15, 0.2) is 35.7 Å². The molecule has 0 aliphatic carbocycles. The zero-order chi connectivity index (χ0) is 27.9. The Morgan fingerprint density at radius 3 is 2.66 bits per heavy atom. The number of carbonyl (C=O) groups excluding carboxylic acids is 1. The predicted octanol–water partition coefficient (Wildman–Crippen LogP) is 2.53. The van der Waals surface area contributed by atoms with Crippen LogP contribution in [-0.4, -0.2) is 70.2 Å². The number of rotatable bonds is 4. The molecule has 2 aromatic heterocycles. The Morgan fingerprint density at radius 1 is 1.24 bits per heavy atom. The van der Waals surface area contributed by atoms with Gasteiger partial charge in [-0.25, -0.2) is 41.9 Å². The standard InChI is InChI=1S/C24H28FN7O5S/c1-23(2,3)37-22(33)30-21-31-24(4,12-38(34,35)32(21)5)15-9-14(7-8-16(15)25)10-17-19-20(28-13-27-17)29-18(36-6)11-26-19/h7-9,11,13H,10,12H2,1-6H3,(H,30,31,33)/t24-/m0/s1. The lowest BCUT2D eigenvalue weighted by molar-refractivity contribution is 0.0559. The SMILES string of the molecule is COc1cnc2c(Cc3ccc(F)c([C@]4(C)CS(=O)(=O)N(C)C(NC(=O)OC(C)(C)C)=N4)c3)ncnc2n1. The summed E-state index contributed by atoms with van der Waals surface area (Å²) in [4.78, 5) is 33.8. The summed E-state index contributed by atoms with van der Waals surface area (Å²) in [5.74, 6) is -1.13. The van der Waals surface area contributed by atoms with Crippen LogP contribution < -0.4 is 10.1 Å². The second kappa shape index (κ2) is 9.74. The number of amides is 1. The van der Waals surface area contributed by atoms with E-state index in [1.54, 1.807) is 26.8 Å². The minimum Gasteiger partial charge on any atom is -0.480 e. The van der Waals surface area contributed by atoms with Crippen LogP contribution in [0.2, 0.25) is 0 Å². The summed E-state index contributed by atoms with van der Waals surface area (Å²) < 4.78 is 52.4. The maximum atomic E-state index is 15.2. The van der Waals surface area contributed by atoms with Gasteiger partial charge in [-0.3, -0.25) is 5.32 Å². The lowest BCUT2D eigenvalue weighted by Gasteiger charge is -2.36. The summed E-state index contributed by atoms with van der Waals surface area (Å²) >= 11 is 0. The van der Waals surface area contributed by atoms with Gasteiger partial charge in [0.2, 0.25) is 21.9 Å². The Balaban J connectivity index is 1.72. The van der Waals surface area contributed by atoms with E-state index in [9.17, 15) is 13.2 Å². The van der Waals surface area contributed by atoms with Gasteiger partial charge in [0.25, 0.3) is 0 Å². The molecule has 0 spiro atoms. The van der Waals surface area contributed by atoms with Crippen molar-refractivity contribution in [3.63, 3.8) is 0 Å². The molecule has 0 unspecified atom stereocenters. The monoisotopic (exact) mass is 545 g/mol. The van der Waals surface area contributed by atoms with Crippen LogP contribution in [0.4, 0.5) is 9.18 Å². The Bertz CT molecular complexity index is 1540. The van der Waals surface area contributed by atoms with Crippen LogP contribution in [0.5, 0.6) is 5.88 Å². The number of fused-ring (bicyclic) bond motifs is 1. The van der Waals surface area contributed by atoms with E-state index >= 15 is 4.39 Å². The van der Waals surface area contributed by atoms with Crippen molar-refractivity contribution in [2.75, 3.05) is 19.9 Å². The van der Waals surface area contributed by atoms with Crippen molar-refractivity contribution >= 4 is 33.2 Å². The largest absolute Gasteiger partial charge is 0.480 e. The third-order valence-corrected chi connectivity index (χ3v) is 7.67. The van der Waals surface area contributed by atoms with E-state index in [2.05, 4.69) is 30.2 Å². The number of alkyl carbamates (subject to hydrolysis) is 1. The number of nitrogens with zero attached hydrogens (tertiary/aromatic N) is 6. The second-order valence-electron chi connectivity index (χ2n) is 9.96. The molecule has 1 aliphatic heterocycles. The highest BCUT2D eigenvalue weighted by molar-refractivity contribution is 7.89. The van der Waals surface area contributed by atoms with Crippen LogP contribution >= 0.6 is 0 Å². The van der Waals surface area contributed by atoms with Gasteiger partial charge in [0.1, 0.15) is 28.8 Å². The Kier molecular flexibility index (Phi) is 6.95. The molecule has 0 saturated carbocycles. The molecule has 1 N–H and O–H groups in total. The van der Waals surface area contributed by atoms with Gasteiger partial charge in [0.05, 0.1) is 24.8 Å². The molecule has 4 rings (SSSR count). The second-order valence-corrected chi connectivity index (χ2v) is 12.0. The number of guanidine groups is 1. The first-order valence-electron chi connectivity index (χ1n) is 11.6. The number of aromatic nitrogens is 4. The van der Waals surface area contributed by atoms with Crippen LogP contribution in [0, 0.1) is 5.82 Å². The van der Waals surface area contributed by atoms with E-state index < -0.39 is 38.8 Å². The third kappa shape index (κ3) is 5.64. The minimum atomic E-state index is -3.96. The van der Waals surface area contributed by atoms with Crippen molar-refractivity contribution in [2.45, 2.75) is 45.3 Å². The minimum absolute atomic E-state index is 0.0429. The van der Waals surface area contributed by atoms with Crippen molar-refractivity contribution in [1.29, 1.82) is 0 Å². The van der Waals surface area contributed by atoms with Crippen molar-refractivity contribution in [3.8, 4) is 5.88 Å². The van der Waals surface area contributed by atoms with Crippen molar-refractivity contribution in [2.24, 2.45) is 4.99 Å². The molecule has 0 bridgehead atoms. The molecule has 0 saturated heterocycles. The first kappa shape index (κ1) is 27.1. The van der Waals surface area contributed by atoms with E-state index in [4.69, 9.17) is 9.47 Å². The molecule has 0 fully saturated rings. The number of nitrogens with one attached hydrogen (secondary N) is 1. The van der Waals surface area contributed by atoms with Gasteiger partial charge in [-0.1, -0.05) is 12.1 Å². The maximum Gasteiger partial charge on any atom is 0.414 e. The Morgan fingerprint density at radius 2 is 1.97 bits per heavy atom. The van der Waals surface area contributed by atoms with Gasteiger partial charge in [-0.05, 0) is 39.3 Å². The topological polar surface area (TPSA) is 149 Å². The van der Waals surface area contributed by atoms with Gasteiger partial charge in [0.15, 0.2) is 5.65 Å². The lowest BCUT2D eigenvalue weighted by atomic mass is 9.91. The van der Waals surface area contributed by atoms with E-state index in [0.29, 0.717) is 28.3 Å². The summed E-state index contributed by atoms with van der Waals surface area (Å²) in [6.45, 7) is 6.51. The number of aliphatic imine (C=N–C) groups is 1. The number of sulfonamides is 1. The summed E-state index contributed by atoms with van der Waals surface area (Å²) in [7, 11) is -1.24. The Hall–Kier alpha value is -3.94. The molecule has 3 aromatic rings. The first-order chi connectivity index (χ1) is 17.7. The highest BCUT2D eigenvalue weighted by Crippen LogP contribution is 2.34. The fourth-order valence-corrected chi connectivity index (χ4v) is 5.42. The highest BCUT2D eigenvalue weighted by atomic mass is 32.2. The van der Waals surface area contributed by atoms with Gasteiger partial charge in [-0.15, -0.1) is 0 Å². The van der Waals surface area contributed by atoms with E-state index in [-0.39, 0.29) is 17.9 Å². The van der Waals surface area contributed by atoms with Crippen molar-refractivity contribution < 1.29 is 27.1 Å². The fourth-order valence-electron chi connectivity index (χ4n) is 3.95. The molecule has 1 amide bonds. The molecular weight excluding hydrogens is 517 g/mol. The smallest absolute Gasteiger partial charge is 0.414 e. The molecule has 3 heterocycles. The van der Waals surface area contributed by atoms with Gasteiger partial charge in [-0.2, -0.15) is 4.98 Å². The average Bonchev–Trinajstić information content (AvgIpc) is 2.81. The van der Waals surface area contributed by atoms with E-state index in [0.717, 1.165) is 4.31 Å². The van der Waals surface area contributed by atoms with Gasteiger partial charge >= 0.3 is 6.09 Å². The van der Waals surface area contributed by atoms with Crippen molar-refractivity contribution in [3.05, 3.63) is 53.4 Å². The number of ether oxygens (including phenoxy) is 2.